The Morgan fingerprint density at radius 2 is 2.00 bits per heavy atom. The van der Waals surface area contributed by atoms with Crippen LogP contribution in [0.15, 0.2) is 39.7 Å². The number of nitrogens with zero attached hydrogens (tertiary/aromatic N) is 3. The standard InChI is InChI=1S/C31H39N3O8/c1-18-6-9-25-20(3)28(39-29-31(25)24(18)10-11-30(4,40-29)41-42-31)37-17-21-16-34(33-32-21)12-5-13-36-22-7-8-23-19(2)14-27(35)38-26(23)15-22/h7-8,14-16,18,20,24-25,28-29H,5-6,9-13,17H2,1-4H3/t18-,20-,24+,25+,28+,29-,30-,31-/m1/s1. The van der Waals surface area contributed by atoms with E-state index < -0.39 is 24.0 Å². The molecule has 42 heavy (non-hydrogen) atoms. The number of aromatic nitrogens is 3. The van der Waals surface area contributed by atoms with Gasteiger partial charge < -0.3 is 23.4 Å². The van der Waals surface area contributed by atoms with E-state index in [0.29, 0.717) is 36.3 Å². The summed E-state index contributed by atoms with van der Waals surface area (Å²) in [6, 6.07) is 7.03. The van der Waals surface area contributed by atoms with Crippen molar-refractivity contribution < 1.29 is 33.1 Å². The molecule has 1 spiro atoms. The van der Waals surface area contributed by atoms with E-state index in [1.54, 1.807) is 10.7 Å². The van der Waals surface area contributed by atoms with Crippen molar-refractivity contribution in [3.63, 3.8) is 0 Å². The first-order valence-electron chi connectivity index (χ1n) is 15.1. The summed E-state index contributed by atoms with van der Waals surface area (Å²) in [5.74, 6) is 1.00. The molecular formula is C31H39N3O8. The highest BCUT2D eigenvalue weighted by Gasteiger charge is 2.69. The molecule has 3 aromatic rings. The van der Waals surface area contributed by atoms with Gasteiger partial charge in [-0.1, -0.05) is 19.1 Å². The second-order valence-electron chi connectivity index (χ2n) is 12.7. The second kappa shape index (κ2) is 10.7. The Labute approximate surface area is 244 Å². The zero-order chi connectivity index (χ0) is 29.1. The van der Waals surface area contributed by atoms with E-state index in [-0.39, 0.29) is 24.1 Å². The van der Waals surface area contributed by atoms with Crippen molar-refractivity contribution in [2.45, 2.75) is 96.9 Å². The second-order valence-corrected chi connectivity index (χ2v) is 12.7. The Kier molecular flexibility index (Phi) is 7.13. The first-order chi connectivity index (χ1) is 20.2. The molecule has 4 saturated heterocycles. The Morgan fingerprint density at radius 1 is 1.12 bits per heavy atom. The number of hydrogen-bond donors (Lipinski definition) is 0. The lowest BCUT2D eigenvalue weighted by Crippen LogP contribution is -2.70. The highest BCUT2D eigenvalue weighted by atomic mass is 17.3. The van der Waals surface area contributed by atoms with E-state index in [9.17, 15) is 4.79 Å². The molecule has 6 heterocycles. The van der Waals surface area contributed by atoms with Crippen LogP contribution in [0.2, 0.25) is 0 Å². The van der Waals surface area contributed by atoms with Crippen LogP contribution in [0.3, 0.4) is 0 Å². The molecule has 2 bridgehead atoms. The summed E-state index contributed by atoms with van der Waals surface area (Å²) in [6.07, 6.45) is 5.60. The van der Waals surface area contributed by atoms with Crippen LogP contribution in [0, 0.1) is 30.6 Å². The zero-order valence-electron chi connectivity index (χ0n) is 24.6. The van der Waals surface area contributed by atoms with Crippen LogP contribution in [0.1, 0.15) is 64.1 Å². The largest absolute Gasteiger partial charge is 0.493 e. The van der Waals surface area contributed by atoms with Crippen molar-refractivity contribution in [2.24, 2.45) is 23.7 Å². The molecule has 1 aliphatic carbocycles. The van der Waals surface area contributed by atoms with Crippen molar-refractivity contribution in [2.75, 3.05) is 6.61 Å². The molecule has 226 valence electrons. The van der Waals surface area contributed by atoms with Crippen molar-refractivity contribution in [3.8, 4) is 5.75 Å². The fourth-order valence-corrected chi connectivity index (χ4v) is 7.56. The van der Waals surface area contributed by atoms with Gasteiger partial charge in [0.05, 0.1) is 19.4 Å². The Morgan fingerprint density at radius 3 is 2.88 bits per heavy atom. The van der Waals surface area contributed by atoms with E-state index in [1.807, 2.05) is 32.2 Å². The highest BCUT2D eigenvalue weighted by Crippen LogP contribution is 2.60. The highest BCUT2D eigenvalue weighted by molar-refractivity contribution is 5.81. The predicted molar refractivity (Wildman–Crippen MR) is 149 cm³/mol. The van der Waals surface area contributed by atoms with Gasteiger partial charge in [-0.2, -0.15) is 0 Å². The summed E-state index contributed by atoms with van der Waals surface area (Å²) in [7, 11) is 0. The molecule has 1 saturated carbocycles. The molecule has 5 fully saturated rings. The van der Waals surface area contributed by atoms with Crippen molar-refractivity contribution in [1.29, 1.82) is 0 Å². The first-order valence-corrected chi connectivity index (χ1v) is 15.1. The topological polar surface area (TPSA) is 116 Å². The fraction of sp³-hybridized carbons (Fsp3) is 0.645. The summed E-state index contributed by atoms with van der Waals surface area (Å²) < 4.78 is 32.2. The van der Waals surface area contributed by atoms with Gasteiger partial charge in [0.2, 0.25) is 5.79 Å². The summed E-state index contributed by atoms with van der Waals surface area (Å²) in [4.78, 5) is 23.8. The monoisotopic (exact) mass is 581 g/mol. The van der Waals surface area contributed by atoms with Crippen LogP contribution in [0.5, 0.6) is 5.75 Å². The molecular weight excluding hydrogens is 542 g/mol. The molecule has 0 amide bonds. The molecule has 11 nitrogen and oxygen atoms in total. The quantitative estimate of drug-likeness (QED) is 0.207. The maximum Gasteiger partial charge on any atom is 0.336 e. The molecule has 8 rings (SSSR count). The van der Waals surface area contributed by atoms with Crippen LogP contribution in [-0.4, -0.2) is 45.6 Å². The summed E-state index contributed by atoms with van der Waals surface area (Å²) in [5.41, 5.74) is 1.18. The number of fused-ring (bicyclic) bond motifs is 3. The molecule has 2 aromatic heterocycles. The van der Waals surface area contributed by atoms with Gasteiger partial charge in [-0.05, 0) is 62.6 Å². The van der Waals surface area contributed by atoms with Crippen molar-refractivity contribution in [1.82, 2.24) is 15.0 Å². The Bertz CT molecular complexity index is 1510. The third kappa shape index (κ3) is 4.85. The Balaban J connectivity index is 0.938. The average Bonchev–Trinajstić information content (AvgIpc) is 3.29. The maximum absolute atomic E-state index is 11.7. The third-order valence-corrected chi connectivity index (χ3v) is 9.80. The van der Waals surface area contributed by atoms with E-state index in [1.165, 1.54) is 6.07 Å². The lowest BCUT2D eigenvalue weighted by molar-refractivity contribution is -0.577. The minimum atomic E-state index is -0.807. The van der Waals surface area contributed by atoms with E-state index in [2.05, 4.69) is 24.2 Å². The van der Waals surface area contributed by atoms with Crippen LogP contribution in [-0.2, 0) is 37.1 Å². The first kappa shape index (κ1) is 28.0. The van der Waals surface area contributed by atoms with Gasteiger partial charge >= 0.3 is 5.63 Å². The number of benzene rings is 1. The minimum Gasteiger partial charge on any atom is -0.493 e. The van der Waals surface area contributed by atoms with Crippen LogP contribution >= 0.6 is 0 Å². The van der Waals surface area contributed by atoms with Crippen LogP contribution < -0.4 is 10.4 Å². The van der Waals surface area contributed by atoms with Crippen molar-refractivity contribution >= 4 is 11.0 Å². The van der Waals surface area contributed by atoms with E-state index in [4.69, 9.17) is 33.1 Å². The SMILES string of the molecule is Cc1cc(=O)oc2cc(OCCCn3cc(CO[C@H]4O[C@@H]5O[C@@]6(C)CC[C@H]7[C@H](C)CC[C@@H]([C@H]4C)[C@@]57OO6)nn3)ccc12. The Hall–Kier alpha value is -2.83. The molecule has 0 N–H and O–H groups in total. The molecule has 8 atom stereocenters. The molecule has 11 heteroatoms. The predicted octanol–water partition coefficient (Wildman–Crippen LogP) is 4.89. The van der Waals surface area contributed by atoms with Gasteiger partial charge in [0.15, 0.2) is 18.2 Å². The van der Waals surface area contributed by atoms with Crippen LogP contribution in [0.4, 0.5) is 0 Å². The van der Waals surface area contributed by atoms with Gasteiger partial charge in [-0.3, -0.25) is 4.68 Å². The number of hydrogen-bond acceptors (Lipinski definition) is 10. The van der Waals surface area contributed by atoms with Gasteiger partial charge in [0, 0.05) is 48.7 Å². The summed E-state index contributed by atoms with van der Waals surface area (Å²) >= 11 is 0. The molecule has 4 aliphatic heterocycles. The number of rotatable bonds is 8. The zero-order valence-corrected chi connectivity index (χ0v) is 24.6. The van der Waals surface area contributed by atoms with Gasteiger partial charge in [-0.25, -0.2) is 14.6 Å². The van der Waals surface area contributed by atoms with E-state index >= 15 is 0 Å². The van der Waals surface area contributed by atoms with Gasteiger partial charge in [-0.15, -0.1) is 5.10 Å². The van der Waals surface area contributed by atoms with E-state index in [0.717, 1.165) is 48.7 Å². The normalized spacial score (nSPS) is 35.6. The average molecular weight is 582 g/mol. The lowest BCUT2D eigenvalue weighted by atomic mass is 9.58. The smallest absolute Gasteiger partial charge is 0.336 e. The van der Waals surface area contributed by atoms with Crippen LogP contribution in [0.25, 0.3) is 11.0 Å². The molecule has 5 aliphatic rings. The number of ether oxygens (including phenoxy) is 4. The molecule has 0 unspecified atom stereocenters. The molecule has 0 radical (unpaired) electrons. The minimum absolute atomic E-state index is 0.102. The molecule has 1 aromatic carbocycles. The fourth-order valence-electron chi connectivity index (χ4n) is 7.56. The summed E-state index contributed by atoms with van der Waals surface area (Å²) in [5, 5.41) is 9.46. The van der Waals surface area contributed by atoms with Gasteiger partial charge in [0.25, 0.3) is 0 Å². The lowest BCUT2D eigenvalue weighted by Gasteiger charge is -2.60. The summed E-state index contributed by atoms with van der Waals surface area (Å²) in [6.45, 7) is 9.71. The van der Waals surface area contributed by atoms with Gasteiger partial charge in [0.1, 0.15) is 17.0 Å². The van der Waals surface area contributed by atoms with Crippen molar-refractivity contribution in [3.05, 3.63) is 52.1 Å². The third-order valence-electron chi connectivity index (χ3n) is 9.80. The maximum atomic E-state index is 11.7. The number of aryl methyl sites for hydroxylation is 2.